The molecule has 4 heteroatoms. The van der Waals surface area contributed by atoms with Gasteiger partial charge in [0.1, 0.15) is 0 Å². The summed E-state index contributed by atoms with van der Waals surface area (Å²) in [5.74, 6) is 0.559. The first-order valence-corrected chi connectivity index (χ1v) is 6.54. The van der Waals surface area contributed by atoms with Gasteiger partial charge in [-0.2, -0.15) is 5.26 Å². The van der Waals surface area contributed by atoms with Crippen molar-refractivity contribution in [2.75, 3.05) is 18.8 Å². The summed E-state index contributed by atoms with van der Waals surface area (Å²) in [7, 11) is 0. The van der Waals surface area contributed by atoms with E-state index in [1.54, 1.807) is 6.07 Å². The molecule has 3 nitrogen and oxygen atoms in total. The molecule has 1 aromatic rings. The van der Waals surface area contributed by atoms with E-state index in [9.17, 15) is 0 Å². The maximum absolute atomic E-state index is 8.69. The SMILES string of the molecule is CC(C)CN(CCC#N)Cc1cc(N)ccc1Cl. The summed E-state index contributed by atoms with van der Waals surface area (Å²) in [5.41, 5.74) is 7.52. The second kappa shape index (κ2) is 7.25. The van der Waals surface area contributed by atoms with Crippen LogP contribution in [0.2, 0.25) is 5.02 Å². The number of nitrogen functional groups attached to an aromatic ring is 1. The van der Waals surface area contributed by atoms with Crippen LogP contribution in [0.3, 0.4) is 0 Å². The molecule has 0 heterocycles. The van der Waals surface area contributed by atoms with E-state index in [2.05, 4.69) is 24.8 Å². The van der Waals surface area contributed by atoms with E-state index in [4.69, 9.17) is 22.6 Å². The highest BCUT2D eigenvalue weighted by atomic mass is 35.5. The number of nitrogens with zero attached hydrogens (tertiary/aromatic N) is 2. The minimum atomic E-state index is 0.534. The molecule has 1 rings (SSSR count). The average Bonchev–Trinajstić information content (AvgIpc) is 2.30. The smallest absolute Gasteiger partial charge is 0.0635 e. The summed E-state index contributed by atoms with van der Waals surface area (Å²) in [4.78, 5) is 2.24. The minimum Gasteiger partial charge on any atom is -0.399 e. The van der Waals surface area contributed by atoms with Gasteiger partial charge in [-0.25, -0.2) is 0 Å². The molecule has 0 aliphatic carbocycles. The fourth-order valence-corrected chi connectivity index (χ4v) is 2.09. The summed E-state index contributed by atoms with van der Waals surface area (Å²) in [5, 5.41) is 9.42. The number of rotatable bonds is 6. The lowest BCUT2D eigenvalue weighted by atomic mass is 10.1. The zero-order valence-electron chi connectivity index (χ0n) is 11.0. The second-order valence-electron chi connectivity index (χ2n) is 4.89. The largest absolute Gasteiger partial charge is 0.399 e. The summed E-state index contributed by atoms with van der Waals surface area (Å²) in [6, 6.07) is 7.71. The topological polar surface area (TPSA) is 53.0 Å². The van der Waals surface area contributed by atoms with Crippen LogP contribution >= 0.6 is 11.6 Å². The molecule has 0 fully saturated rings. The minimum absolute atomic E-state index is 0.534. The second-order valence-corrected chi connectivity index (χ2v) is 5.30. The maximum Gasteiger partial charge on any atom is 0.0635 e. The standard InChI is InChI=1S/C14H20ClN3/c1-11(2)9-18(7-3-6-16)10-12-8-13(17)4-5-14(12)15/h4-5,8,11H,3,7,9-10,17H2,1-2H3. The van der Waals surface area contributed by atoms with Crippen LogP contribution in [0, 0.1) is 17.2 Å². The molecule has 98 valence electrons. The monoisotopic (exact) mass is 265 g/mol. The molecule has 0 spiro atoms. The van der Waals surface area contributed by atoms with Gasteiger partial charge in [0.25, 0.3) is 0 Å². The van der Waals surface area contributed by atoms with Crippen molar-refractivity contribution >= 4 is 17.3 Å². The van der Waals surface area contributed by atoms with E-state index < -0.39 is 0 Å². The number of hydrogen-bond acceptors (Lipinski definition) is 3. The van der Waals surface area contributed by atoms with Gasteiger partial charge in [0.2, 0.25) is 0 Å². The molecule has 18 heavy (non-hydrogen) atoms. The normalized spacial score (nSPS) is 10.9. The number of hydrogen-bond donors (Lipinski definition) is 1. The summed E-state index contributed by atoms with van der Waals surface area (Å²) >= 11 is 6.16. The van der Waals surface area contributed by atoms with Crippen molar-refractivity contribution in [2.24, 2.45) is 5.92 Å². The van der Waals surface area contributed by atoms with Gasteiger partial charge in [-0.3, -0.25) is 4.90 Å². The molecule has 0 aliphatic rings. The molecule has 0 radical (unpaired) electrons. The zero-order chi connectivity index (χ0) is 13.5. The van der Waals surface area contributed by atoms with Gasteiger partial charge in [-0.1, -0.05) is 25.4 Å². The van der Waals surface area contributed by atoms with Crippen LogP contribution in [0.5, 0.6) is 0 Å². The Kier molecular flexibility index (Phi) is 5.97. The third-order valence-electron chi connectivity index (χ3n) is 2.63. The molecule has 0 unspecified atom stereocenters. The number of anilines is 1. The lowest BCUT2D eigenvalue weighted by Gasteiger charge is -2.23. The van der Waals surface area contributed by atoms with E-state index in [0.717, 1.165) is 35.9 Å². The van der Waals surface area contributed by atoms with Crippen LogP contribution in [0.1, 0.15) is 25.8 Å². The van der Waals surface area contributed by atoms with Crippen LogP contribution in [0.4, 0.5) is 5.69 Å². The summed E-state index contributed by atoms with van der Waals surface area (Å²) < 4.78 is 0. The Hall–Kier alpha value is -1.24. The van der Waals surface area contributed by atoms with E-state index in [-0.39, 0.29) is 0 Å². The Morgan fingerprint density at radius 2 is 2.17 bits per heavy atom. The molecule has 0 atom stereocenters. The highest BCUT2D eigenvalue weighted by Crippen LogP contribution is 2.21. The van der Waals surface area contributed by atoms with E-state index in [0.29, 0.717) is 12.3 Å². The molecular weight excluding hydrogens is 246 g/mol. The molecule has 0 aliphatic heterocycles. The van der Waals surface area contributed by atoms with Crippen molar-refractivity contribution in [3.63, 3.8) is 0 Å². The molecule has 2 N–H and O–H groups in total. The van der Waals surface area contributed by atoms with Crippen LogP contribution in [0.25, 0.3) is 0 Å². The maximum atomic E-state index is 8.69. The quantitative estimate of drug-likeness (QED) is 0.803. The Balaban J connectivity index is 2.75. The van der Waals surface area contributed by atoms with Crippen molar-refractivity contribution in [3.05, 3.63) is 28.8 Å². The number of benzene rings is 1. The van der Waals surface area contributed by atoms with Crippen molar-refractivity contribution in [1.29, 1.82) is 5.26 Å². The third-order valence-corrected chi connectivity index (χ3v) is 3.00. The number of nitrogens with two attached hydrogens (primary N) is 1. The first-order chi connectivity index (χ1) is 8.52. The Labute approximate surface area is 114 Å². The van der Waals surface area contributed by atoms with Crippen molar-refractivity contribution in [1.82, 2.24) is 4.90 Å². The molecule has 0 saturated carbocycles. The Morgan fingerprint density at radius 1 is 1.44 bits per heavy atom. The van der Waals surface area contributed by atoms with Gasteiger partial charge < -0.3 is 5.73 Å². The van der Waals surface area contributed by atoms with Gasteiger partial charge in [-0.05, 0) is 29.7 Å². The van der Waals surface area contributed by atoms with E-state index in [1.165, 1.54) is 0 Å². The molecule has 0 bridgehead atoms. The summed E-state index contributed by atoms with van der Waals surface area (Å²) in [6.07, 6.45) is 0.534. The molecule has 1 aromatic carbocycles. The number of nitriles is 1. The van der Waals surface area contributed by atoms with E-state index >= 15 is 0 Å². The molecule has 0 saturated heterocycles. The number of halogens is 1. The molecule has 0 aromatic heterocycles. The average molecular weight is 266 g/mol. The highest BCUT2D eigenvalue weighted by Gasteiger charge is 2.10. The van der Waals surface area contributed by atoms with Crippen LogP contribution in [-0.2, 0) is 6.54 Å². The van der Waals surface area contributed by atoms with Gasteiger partial charge in [0.15, 0.2) is 0 Å². The van der Waals surface area contributed by atoms with Crippen LogP contribution in [-0.4, -0.2) is 18.0 Å². The first-order valence-electron chi connectivity index (χ1n) is 6.16. The van der Waals surface area contributed by atoms with Crippen LogP contribution in [0.15, 0.2) is 18.2 Å². The van der Waals surface area contributed by atoms with Crippen molar-refractivity contribution < 1.29 is 0 Å². The zero-order valence-corrected chi connectivity index (χ0v) is 11.7. The Bertz CT molecular complexity index is 424. The van der Waals surface area contributed by atoms with Crippen molar-refractivity contribution in [3.8, 4) is 6.07 Å². The van der Waals surface area contributed by atoms with Gasteiger partial charge in [-0.15, -0.1) is 0 Å². The fourth-order valence-electron chi connectivity index (χ4n) is 1.92. The molecular formula is C14H20ClN3. The van der Waals surface area contributed by atoms with Gasteiger partial charge >= 0.3 is 0 Å². The predicted molar refractivity (Wildman–Crippen MR) is 76.2 cm³/mol. The fraction of sp³-hybridized carbons (Fsp3) is 0.500. The summed E-state index contributed by atoms with van der Waals surface area (Å²) in [6.45, 7) is 6.79. The van der Waals surface area contributed by atoms with E-state index in [1.807, 2.05) is 12.1 Å². The van der Waals surface area contributed by atoms with Gasteiger partial charge in [0, 0.05) is 36.8 Å². The first kappa shape index (κ1) is 14.8. The lowest BCUT2D eigenvalue weighted by Crippen LogP contribution is -2.28. The Morgan fingerprint density at radius 3 is 2.78 bits per heavy atom. The predicted octanol–water partition coefficient (Wildman–Crippen LogP) is 3.29. The molecule has 0 amide bonds. The highest BCUT2D eigenvalue weighted by molar-refractivity contribution is 6.31. The van der Waals surface area contributed by atoms with Gasteiger partial charge in [0.05, 0.1) is 6.07 Å². The van der Waals surface area contributed by atoms with Crippen LogP contribution < -0.4 is 5.73 Å². The van der Waals surface area contributed by atoms with Crippen molar-refractivity contribution in [2.45, 2.75) is 26.8 Å². The lowest BCUT2D eigenvalue weighted by molar-refractivity contribution is 0.241. The third kappa shape index (κ3) is 4.95.